The first-order valence-electron chi connectivity index (χ1n) is 9.01. The van der Waals surface area contributed by atoms with Crippen LogP contribution in [0.5, 0.6) is 11.5 Å². The van der Waals surface area contributed by atoms with Crippen LogP contribution in [0.2, 0.25) is 10.0 Å². The molecular weight excluding hydrogens is 448 g/mol. The number of rotatable bonds is 4. The van der Waals surface area contributed by atoms with Crippen LogP contribution < -0.4 is 20.7 Å². The molecule has 0 aliphatic carbocycles. The van der Waals surface area contributed by atoms with E-state index in [1.807, 2.05) is 0 Å². The number of benzene rings is 2. The zero-order valence-corrected chi connectivity index (χ0v) is 17.8. The second-order valence-corrected chi connectivity index (χ2v) is 8.02. The van der Waals surface area contributed by atoms with Crippen molar-refractivity contribution in [1.29, 1.82) is 0 Å². The molecular formula is C20H16Cl2FN5O3. The van der Waals surface area contributed by atoms with Gasteiger partial charge in [-0.15, -0.1) is 0 Å². The van der Waals surface area contributed by atoms with Crippen molar-refractivity contribution in [1.82, 2.24) is 9.97 Å². The van der Waals surface area contributed by atoms with Crippen LogP contribution in [0.25, 0.3) is 0 Å². The number of phenolic OH excluding ortho intramolecular Hbond substituents is 1. The molecule has 0 spiro atoms. The molecule has 2 heterocycles. The van der Waals surface area contributed by atoms with Gasteiger partial charge in [0.15, 0.2) is 23.0 Å². The fraction of sp³-hybridized carbons (Fsp3) is 0.150. The largest absolute Gasteiger partial charge is 0.505 e. The van der Waals surface area contributed by atoms with Gasteiger partial charge in [-0.2, -0.15) is 4.98 Å². The van der Waals surface area contributed by atoms with Crippen molar-refractivity contribution >= 4 is 57.9 Å². The monoisotopic (exact) mass is 463 g/mol. The average molecular weight is 464 g/mol. The number of aromatic nitrogens is 2. The normalized spacial score (nSPS) is 14.3. The Morgan fingerprint density at radius 1 is 1.13 bits per heavy atom. The van der Waals surface area contributed by atoms with Crippen LogP contribution in [-0.2, 0) is 4.79 Å². The van der Waals surface area contributed by atoms with Crippen molar-refractivity contribution in [2.24, 2.45) is 0 Å². The Balaban J connectivity index is 1.57. The molecule has 1 aliphatic heterocycles. The van der Waals surface area contributed by atoms with Crippen LogP contribution in [0.1, 0.15) is 13.8 Å². The minimum atomic E-state index is -0.985. The van der Waals surface area contributed by atoms with E-state index in [0.717, 1.165) is 6.20 Å². The summed E-state index contributed by atoms with van der Waals surface area (Å²) in [6.45, 7) is 3.33. The summed E-state index contributed by atoms with van der Waals surface area (Å²) >= 11 is 11.8. The zero-order valence-electron chi connectivity index (χ0n) is 16.3. The van der Waals surface area contributed by atoms with Gasteiger partial charge in [-0.1, -0.05) is 23.2 Å². The van der Waals surface area contributed by atoms with E-state index in [0.29, 0.717) is 22.8 Å². The van der Waals surface area contributed by atoms with Crippen molar-refractivity contribution in [2.75, 3.05) is 16.0 Å². The summed E-state index contributed by atoms with van der Waals surface area (Å²) in [5.41, 5.74) is 0.347. The Kier molecular flexibility index (Phi) is 5.24. The van der Waals surface area contributed by atoms with E-state index in [9.17, 15) is 14.3 Å². The van der Waals surface area contributed by atoms with E-state index < -0.39 is 11.4 Å². The molecule has 4 N–H and O–H groups in total. The molecule has 0 saturated carbocycles. The lowest BCUT2D eigenvalue weighted by molar-refractivity contribution is -0.129. The number of nitrogens with one attached hydrogen (secondary N) is 3. The third-order valence-electron chi connectivity index (χ3n) is 4.42. The van der Waals surface area contributed by atoms with E-state index >= 15 is 0 Å². The fourth-order valence-corrected chi connectivity index (χ4v) is 3.29. The number of hydrogen-bond acceptors (Lipinski definition) is 7. The molecule has 0 bridgehead atoms. The van der Waals surface area contributed by atoms with Crippen LogP contribution in [0.3, 0.4) is 0 Å². The molecule has 0 saturated heterocycles. The Labute approximate surface area is 186 Å². The van der Waals surface area contributed by atoms with Gasteiger partial charge in [-0.05, 0) is 44.2 Å². The van der Waals surface area contributed by atoms with E-state index in [4.69, 9.17) is 27.9 Å². The lowest BCUT2D eigenvalue weighted by Crippen LogP contribution is -2.45. The number of nitrogens with zero attached hydrogens (tertiary/aromatic N) is 2. The van der Waals surface area contributed by atoms with Crippen molar-refractivity contribution in [3.63, 3.8) is 0 Å². The minimum absolute atomic E-state index is 0.0389. The number of carbonyl (C=O) groups is 1. The Morgan fingerprint density at radius 2 is 1.84 bits per heavy atom. The van der Waals surface area contributed by atoms with Crippen LogP contribution in [-0.4, -0.2) is 26.6 Å². The van der Waals surface area contributed by atoms with Crippen LogP contribution in [0, 0.1) is 5.82 Å². The van der Waals surface area contributed by atoms with Gasteiger partial charge in [0, 0.05) is 11.4 Å². The van der Waals surface area contributed by atoms with Gasteiger partial charge in [0.2, 0.25) is 5.95 Å². The Bertz CT molecular complexity index is 1180. The highest BCUT2D eigenvalue weighted by Gasteiger charge is 2.35. The number of halogens is 3. The van der Waals surface area contributed by atoms with Gasteiger partial charge in [-0.3, -0.25) is 4.79 Å². The zero-order chi connectivity index (χ0) is 22.3. The lowest BCUT2D eigenvalue weighted by atomic mass is 10.1. The van der Waals surface area contributed by atoms with Gasteiger partial charge < -0.3 is 25.8 Å². The van der Waals surface area contributed by atoms with E-state index in [1.165, 1.54) is 12.1 Å². The maximum absolute atomic E-state index is 14.3. The summed E-state index contributed by atoms with van der Waals surface area (Å²) in [6, 6.07) is 7.79. The molecule has 31 heavy (non-hydrogen) atoms. The molecule has 0 unspecified atom stereocenters. The maximum Gasteiger partial charge on any atom is 0.268 e. The summed E-state index contributed by atoms with van der Waals surface area (Å²) in [5, 5.41) is 18.2. The number of fused-ring (bicyclic) bond motifs is 1. The Morgan fingerprint density at radius 3 is 2.55 bits per heavy atom. The third-order valence-corrected chi connectivity index (χ3v) is 5.00. The minimum Gasteiger partial charge on any atom is -0.505 e. The lowest BCUT2D eigenvalue weighted by Gasteiger charge is -2.31. The fourth-order valence-electron chi connectivity index (χ4n) is 2.81. The molecule has 1 aliphatic rings. The highest BCUT2D eigenvalue weighted by molar-refractivity contribution is 6.37. The third kappa shape index (κ3) is 4.28. The second kappa shape index (κ2) is 7.75. The van der Waals surface area contributed by atoms with E-state index in [2.05, 4.69) is 25.9 Å². The summed E-state index contributed by atoms with van der Waals surface area (Å²) in [5.74, 6) is -0.755. The molecule has 8 nitrogen and oxygen atoms in total. The number of phenols is 1. The summed E-state index contributed by atoms with van der Waals surface area (Å²) in [6.07, 6.45) is 0.993. The number of aromatic hydroxyl groups is 1. The van der Waals surface area contributed by atoms with Gasteiger partial charge in [0.25, 0.3) is 5.91 Å². The van der Waals surface area contributed by atoms with Gasteiger partial charge in [0.05, 0.1) is 21.9 Å². The molecule has 1 amide bonds. The predicted octanol–water partition coefficient (Wildman–Crippen LogP) is 5.22. The van der Waals surface area contributed by atoms with Crippen molar-refractivity contribution in [2.45, 2.75) is 19.4 Å². The highest BCUT2D eigenvalue weighted by Crippen LogP contribution is 2.37. The highest BCUT2D eigenvalue weighted by atomic mass is 35.5. The van der Waals surface area contributed by atoms with E-state index in [1.54, 1.807) is 32.0 Å². The van der Waals surface area contributed by atoms with Gasteiger partial charge in [-0.25, -0.2) is 9.37 Å². The predicted molar refractivity (Wildman–Crippen MR) is 116 cm³/mol. The molecule has 3 aromatic rings. The molecule has 0 radical (unpaired) electrons. The first kappa shape index (κ1) is 21.0. The number of amides is 1. The summed E-state index contributed by atoms with van der Waals surface area (Å²) in [7, 11) is 0. The molecule has 4 rings (SSSR count). The first-order valence-corrected chi connectivity index (χ1v) is 9.77. The van der Waals surface area contributed by atoms with Crippen molar-refractivity contribution in [3.8, 4) is 11.5 Å². The van der Waals surface area contributed by atoms with Gasteiger partial charge in [0.1, 0.15) is 5.75 Å². The van der Waals surface area contributed by atoms with Crippen LogP contribution in [0.15, 0.2) is 36.5 Å². The number of hydrogen-bond donors (Lipinski definition) is 4. The molecule has 1 aromatic heterocycles. The van der Waals surface area contributed by atoms with Crippen molar-refractivity contribution in [3.05, 3.63) is 52.4 Å². The summed E-state index contributed by atoms with van der Waals surface area (Å²) in [4.78, 5) is 20.1. The van der Waals surface area contributed by atoms with Crippen LogP contribution >= 0.6 is 23.2 Å². The van der Waals surface area contributed by atoms with E-state index in [-0.39, 0.29) is 33.5 Å². The van der Waals surface area contributed by atoms with Crippen molar-refractivity contribution < 1.29 is 19.0 Å². The maximum atomic E-state index is 14.3. The quantitative estimate of drug-likeness (QED) is 0.392. The second-order valence-electron chi connectivity index (χ2n) is 7.21. The average Bonchev–Trinajstić information content (AvgIpc) is 2.69. The first-order chi connectivity index (χ1) is 14.6. The molecule has 160 valence electrons. The molecule has 0 atom stereocenters. The molecule has 0 fully saturated rings. The smallest absolute Gasteiger partial charge is 0.268 e. The molecule has 2 aromatic carbocycles. The number of carbonyl (C=O) groups excluding carboxylic acids is 1. The topological polar surface area (TPSA) is 108 Å². The standard InChI is InChI=1S/C20H16Cl2FN5O3/c1-20(2)18(30)27-14-7-9(3-4-15(14)31-20)25-17-13(23)8-24-19(28-17)26-10-5-11(21)16(29)12(22)6-10/h3-8,29H,1-2H3,(H,27,30)(H2,24,25,26,28). The summed E-state index contributed by atoms with van der Waals surface area (Å²) < 4.78 is 20.0. The van der Waals surface area contributed by atoms with Crippen LogP contribution in [0.4, 0.5) is 33.2 Å². The SMILES string of the molecule is CC1(C)Oc2ccc(Nc3nc(Nc4cc(Cl)c(O)c(Cl)c4)ncc3F)cc2NC1=O. The Hall–Kier alpha value is -3.30. The number of ether oxygens (including phenoxy) is 1. The van der Waals surface area contributed by atoms with Gasteiger partial charge >= 0.3 is 0 Å². The number of anilines is 5. The molecule has 11 heteroatoms.